The predicted molar refractivity (Wildman–Crippen MR) is 57.6 cm³/mol. The fourth-order valence-electron chi connectivity index (χ4n) is 2.16. The summed E-state index contributed by atoms with van der Waals surface area (Å²) in [6.07, 6.45) is 1.51. The van der Waals surface area contributed by atoms with Crippen molar-refractivity contribution in [2.24, 2.45) is 0 Å². The van der Waals surface area contributed by atoms with Crippen molar-refractivity contribution in [1.82, 2.24) is 15.1 Å². The molecule has 4 nitrogen and oxygen atoms in total. The number of aliphatic hydroxyl groups is 1. The molecule has 4 heteroatoms. The van der Waals surface area contributed by atoms with E-state index in [1.54, 1.807) is 0 Å². The van der Waals surface area contributed by atoms with Gasteiger partial charge in [0.2, 0.25) is 0 Å². The van der Waals surface area contributed by atoms with Gasteiger partial charge in [0, 0.05) is 18.5 Å². The van der Waals surface area contributed by atoms with Crippen molar-refractivity contribution >= 4 is 10.9 Å². The normalized spacial score (nSPS) is 26.2. The molecular formula is C11H13N3O. The Morgan fingerprint density at radius 3 is 3.00 bits per heavy atom. The smallest absolute Gasteiger partial charge is 0.0921 e. The minimum Gasteiger partial charge on any atom is -0.390 e. The highest BCUT2D eigenvalue weighted by Gasteiger charge is 2.27. The van der Waals surface area contributed by atoms with E-state index in [4.69, 9.17) is 0 Å². The minimum atomic E-state index is -0.340. The van der Waals surface area contributed by atoms with Crippen molar-refractivity contribution in [2.75, 3.05) is 13.1 Å². The van der Waals surface area contributed by atoms with Crippen molar-refractivity contribution in [3.05, 3.63) is 30.5 Å². The summed E-state index contributed by atoms with van der Waals surface area (Å²) < 4.78 is 1.92. The molecule has 78 valence electrons. The number of aliphatic hydroxyl groups excluding tert-OH is 1. The van der Waals surface area contributed by atoms with Gasteiger partial charge in [0.1, 0.15) is 0 Å². The monoisotopic (exact) mass is 203 g/mol. The molecule has 2 N–H and O–H groups in total. The lowest BCUT2D eigenvalue weighted by molar-refractivity contribution is 0.147. The SMILES string of the molecule is OC1CNCC1n1ncc2ccccc21. The van der Waals surface area contributed by atoms with E-state index in [0.29, 0.717) is 6.54 Å². The van der Waals surface area contributed by atoms with E-state index in [0.717, 1.165) is 17.4 Å². The first-order valence-electron chi connectivity index (χ1n) is 5.17. The molecule has 0 spiro atoms. The molecule has 0 amide bonds. The second-order valence-electron chi connectivity index (χ2n) is 3.94. The topological polar surface area (TPSA) is 50.1 Å². The number of nitrogens with one attached hydrogen (secondary N) is 1. The van der Waals surface area contributed by atoms with Crippen molar-refractivity contribution in [1.29, 1.82) is 0 Å². The summed E-state index contributed by atoms with van der Waals surface area (Å²) in [6, 6.07) is 8.12. The van der Waals surface area contributed by atoms with E-state index in [2.05, 4.69) is 10.4 Å². The van der Waals surface area contributed by atoms with E-state index in [1.165, 1.54) is 0 Å². The fourth-order valence-corrected chi connectivity index (χ4v) is 2.16. The van der Waals surface area contributed by atoms with Crippen LogP contribution in [0, 0.1) is 0 Å². The lowest BCUT2D eigenvalue weighted by atomic mass is 10.2. The van der Waals surface area contributed by atoms with Crippen LogP contribution in [-0.2, 0) is 0 Å². The molecule has 2 aromatic rings. The first-order chi connectivity index (χ1) is 7.36. The van der Waals surface area contributed by atoms with Crippen molar-refractivity contribution in [3.63, 3.8) is 0 Å². The third-order valence-electron chi connectivity index (χ3n) is 2.97. The Morgan fingerprint density at radius 1 is 1.33 bits per heavy atom. The Labute approximate surface area is 87.5 Å². The largest absolute Gasteiger partial charge is 0.390 e. The lowest BCUT2D eigenvalue weighted by Crippen LogP contribution is -2.22. The molecule has 2 heterocycles. The summed E-state index contributed by atoms with van der Waals surface area (Å²) in [5.41, 5.74) is 1.09. The number of aromatic nitrogens is 2. The van der Waals surface area contributed by atoms with E-state index in [-0.39, 0.29) is 12.1 Å². The van der Waals surface area contributed by atoms with Crippen LogP contribution in [0.25, 0.3) is 10.9 Å². The standard InChI is InChI=1S/C11H13N3O/c15-11-7-12-6-10(11)14-9-4-2-1-3-8(9)5-13-14/h1-5,10-12,15H,6-7H2. The average molecular weight is 203 g/mol. The van der Waals surface area contributed by atoms with Gasteiger partial charge in [-0.15, -0.1) is 0 Å². The molecule has 2 unspecified atom stereocenters. The number of nitrogens with zero attached hydrogens (tertiary/aromatic N) is 2. The van der Waals surface area contributed by atoms with Gasteiger partial charge in [-0.3, -0.25) is 4.68 Å². The molecule has 0 aliphatic carbocycles. The average Bonchev–Trinajstić information content (AvgIpc) is 2.83. The van der Waals surface area contributed by atoms with Gasteiger partial charge in [0.25, 0.3) is 0 Å². The molecular weight excluding hydrogens is 190 g/mol. The maximum absolute atomic E-state index is 9.80. The molecule has 0 saturated carbocycles. The van der Waals surface area contributed by atoms with Gasteiger partial charge < -0.3 is 10.4 Å². The van der Waals surface area contributed by atoms with Crippen LogP contribution in [0.1, 0.15) is 6.04 Å². The highest BCUT2D eigenvalue weighted by Crippen LogP contribution is 2.21. The Kier molecular flexibility index (Phi) is 1.97. The number of benzene rings is 1. The van der Waals surface area contributed by atoms with Crippen LogP contribution in [0.2, 0.25) is 0 Å². The summed E-state index contributed by atoms with van der Waals surface area (Å²) >= 11 is 0. The molecule has 0 bridgehead atoms. The van der Waals surface area contributed by atoms with E-state index < -0.39 is 0 Å². The zero-order valence-electron chi connectivity index (χ0n) is 8.30. The van der Waals surface area contributed by atoms with Gasteiger partial charge in [-0.1, -0.05) is 18.2 Å². The van der Waals surface area contributed by atoms with E-state index in [9.17, 15) is 5.11 Å². The summed E-state index contributed by atoms with van der Waals surface area (Å²) in [5, 5.41) is 18.4. The van der Waals surface area contributed by atoms with Crippen LogP contribution < -0.4 is 5.32 Å². The van der Waals surface area contributed by atoms with Crippen molar-refractivity contribution in [3.8, 4) is 0 Å². The van der Waals surface area contributed by atoms with Gasteiger partial charge in [-0.25, -0.2) is 0 Å². The number of fused-ring (bicyclic) bond motifs is 1. The molecule has 1 saturated heterocycles. The number of β-amino-alcohol motifs (C(OH)–C–C–N with tert-alkyl or cyclic N) is 1. The van der Waals surface area contributed by atoms with E-state index in [1.807, 2.05) is 35.1 Å². The van der Waals surface area contributed by atoms with Gasteiger partial charge in [0.15, 0.2) is 0 Å². The third kappa shape index (κ3) is 1.33. The van der Waals surface area contributed by atoms with Crippen LogP contribution in [-0.4, -0.2) is 34.1 Å². The van der Waals surface area contributed by atoms with Crippen LogP contribution in [0.5, 0.6) is 0 Å². The Morgan fingerprint density at radius 2 is 2.20 bits per heavy atom. The Balaban J connectivity index is 2.10. The maximum Gasteiger partial charge on any atom is 0.0921 e. The number of hydrogen-bond donors (Lipinski definition) is 2. The molecule has 1 aliphatic rings. The predicted octanol–water partition coefficient (Wildman–Crippen LogP) is 0.541. The molecule has 2 atom stereocenters. The first-order valence-corrected chi connectivity index (χ1v) is 5.17. The fraction of sp³-hybridized carbons (Fsp3) is 0.364. The van der Waals surface area contributed by atoms with Crippen LogP contribution in [0.15, 0.2) is 30.5 Å². The number of hydrogen-bond acceptors (Lipinski definition) is 3. The zero-order chi connectivity index (χ0) is 10.3. The van der Waals surface area contributed by atoms with Gasteiger partial charge in [-0.05, 0) is 6.07 Å². The number of para-hydroxylation sites is 1. The Hall–Kier alpha value is -1.39. The van der Waals surface area contributed by atoms with Gasteiger partial charge in [0.05, 0.1) is 23.9 Å². The quantitative estimate of drug-likeness (QED) is 0.711. The second kappa shape index (κ2) is 3.32. The molecule has 1 fully saturated rings. The van der Waals surface area contributed by atoms with Crippen molar-refractivity contribution in [2.45, 2.75) is 12.1 Å². The summed E-state index contributed by atoms with van der Waals surface area (Å²) in [6.45, 7) is 1.44. The molecule has 15 heavy (non-hydrogen) atoms. The van der Waals surface area contributed by atoms with Crippen LogP contribution in [0.4, 0.5) is 0 Å². The summed E-state index contributed by atoms with van der Waals surface area (Å²) in [4.78, 5) is 0. The molecule has 0 radical (unpaired) electrons. The second-order valence-corrected chi connectivity index (χ2v) is 3.94. The Bertz CT molecular complexity index is 479. The van der Waals surface area contributed by atoms with Gasteiger partial charge >= 0.3 is 0 Å². The zero-order valence-corrected chi connectivity index (χ0v) is 8.30. The number of rotatable bonds is 1. The summed E-state index contributed by atoms with van der Waals surface area (Å²) in [7, 11) is 0. The highest BCUT2D eigenvalue weighted by atomic mass is 16.3. The summed E-state index contributed by atoms with van der Waals surface area (Å²) in [5.74, 6) is 0. The lowest BCUT2D eigenvalue weighted by Gasteiger charge is -2.14. The van der Waals surface area contributed by atoms with Crippen LogP contribution >= 0.6 is 0 Å². The molecule has 1 aliphatic heterocycles. The van der Waals surface area contributed by atoms with E-state index >= 15 is 0 Å². The highest BCUT2D eigenvalue weighted by molar-refractivity contribution is 5.78. The molecule has 1 aromatic heterocycles. The molecule has 3 rings (SSSR count). The third-order valence-corrected chi connectivity index (χ3v) is 2.97. The first kappa shape index (κ1) is 8.88. The minimum absolute atomic E-state index is 0.0601. The molecule has 1 aromatic carbocycles. The van der Waals surface area contributed by atoms with Gasteiger partial charge in [-0.2, -0.15) is 5.10 Å². The van der Waals surface area contributed by atoms with Crippen molar-refractivity contribution < 1.29 is 5.11 Å². The van der Waals surface area contributed by atoms with Crippen LogP contribution in [0.3, 0.4) is 0 Å². The maximum atomic E-state index is 9.80.